The molecule has 2 aromatic heterocycles. The lowest BCUT2D eigenvalue weighted by molar-refractivity contribution is -0.127. The topological polar surface area (TPSA) is 85.9 Å². The van der Waals surface area contributed by atoms with Crippen molar-refractivity contribution in [1.82, 2.24) is 14.0 Å². The molecule has 0 bridgehead atoms. The summed E-state index contributed by atoms with van der Waals surface area (Å²) in [6.07, 6.45) is 1.88. The van der Waals surface area contributed by atoms with Crippen LogP contribution in [0.3, 0.4) is 0 Å². The number of ether oxygens (including phenoxy) is 1. The molecule has 0 aliphatic carbocycles. The largest absolute Gasteiger partial charge is 0.465 e. The molecule has 0 N–H and O–H groups in total. The van der Waals surface area contributed by atoms with Crippen LogP contribution in [0.4, 0.5) is 0 Å². The molecule has 44 heavy (non-hydrogen) atoms. The van der Waals surface area contributed by atoms with Gasteiger partial charge in [-0.15, -0.1) is 0 Å². The number of fused-ring (bicyclic) bond motifs is 1. The van der Waals surface area contributed by atoms with Gasteiger partial charge in [0.2, 0.25) is 0 Å². The standard InChI is InChI=1S/C34H35ClN4O4S/c1-8-37(9-2)32(41)29-21(5)36-34-39(30(29)23-13-15-25(35)16-14-23)31(40)28(44-34)18-24-17-19(3)38(22(24)6)27-12-10-11-26(20(27)4)33(42)43-7/h10-18,30H,8-9H2,1-7H3/b28-18-/t30-/m1/s1. The fourth-order valence-corrected chi connectivity index (χ4v) is 7.04. The second-order valence-electron chi connectivity index (χ2n) is 10.7. The highest BCUT2D eigenvalue weighted by atomic mass is 35.5. The summed E-state index contributed by atoms with van der Waals surface area (Å²) in [5, 5.41) is 0.571. The number of methoxy groups -OCH3 is 1. The van der Waals surface area contributed by atoms with Crippen molar-refractivity contribution < 1.29 is 14.3 Å². The lowest BCUT2D eigenvalue weighted by atomic mass is 9.94. The first kappa shape index (κ1) is 31.2. The van der Waals surface area contributed by atoms with Gasteiger partial charge in [-0.25, -0.2) is 9.79 Å². The highest BCUT2D eigenvalue weighted by molar-refractivity contribution is 7.07. The highest BCUT2D eigenvalue weighted by Crippen LogP contribution is 2.32. The molecule has 2 aromatic carbocycles. The number of thiazole rings is 1. The highest BCUT2D eigenvalue weighted by Gasteiger charge is 2.34. The van der Waals surface area contributed by atoms with Gasteiger partial charge < -0.3 is 14.2 Å². The van der Waals surface area contributed by atoms with Gasteiger partial charge in [0.05, 0.1) is 34.5 Å². The number of carbonyl (C=O) groups excluding carboxylic acids is 2. The zero-order valence-corrected chi connectivity index (χ0v) is 27.5. The van der Waals surface area contributed by atoms with E-state index in [-0.39, 0.29) is 11.5 Å². The lowest BCUT2D eigenvalue weighted by Crippen LogP contribution is -2.43. The van der Waals surface area contributed by atoms with Gasteiger partial charge in [0.1, 0.15) is 0 Å². The second kappa shape index (κ2) is 12.4. The Morgan fingerprint density at radius 1 is 1.07 bits per heavy atom. The van der Waals surface area contributed by atoms with E-state index in [9.17, 15) is 14.4 Å². The van der Waals surface area contributed by atoms with Crippen LogP contribution in [-0.4, -0.2) is 46.1 Å². The molecule has 0 saturated carbocycles. The molecule has 4 aromatic rings. The van der Waals surface area contributed by atoms with Gasteiger partial charge in [-0.05, 0) is 94.6 Å². The first-order chi connectivity index (χ1) is 21.0. The van der Waals surface area contributed by atoms with E-state index in [0.29, 0.717) is 44.3 Å². The van der Waals surface area contributed by atoms with Crippen molar-refractivity contribution in [2.75, 3.05) is 20.2 Å². The molecule has 0 unspecified atom stereocenters. The summed E-state index contributed by atoms with van der Waals surface area (Å²) >= 11 is 7.51. The fourth-order valence-electron chi connectivity index (χ4n) is 5.88. The number of likely N-dealkylation sites (N-methyl/N-ethyl adjacent to an activating group) is 1. The predicted molar refractivity (Wildman–Crippen MR) is 174 cm³/mol. The Kier molecular flexibility index (Phi) is 8.81. The summed E-state index contributed by atoms with van der Waals surface area (Å²) < 4.78 is 9.19. The fraction of sp³-hybridized carbons (Fsp3) is 0.294. The lowest BCUT2D eigenvalue weighted by Gasteiger charge is -2.29. The van der Waals surface area contributed by atoms with E-state index in [2.05, 4.69) is 4.57 Å². The van der Waals surface area contributed by atoms with Crippen molar-refractivity contribution in [2.24, 2.45) is 4.99 Å². The number of aryl methyl sites for hydroxylation is 1. The van der Waals surface area contributed by atoms with Crippen LogP contribution in [-0.2, 0) is 9.53 Å². The third kappa shape index (κ3) is 5.35. The molecule has 0 saturated heterocycles. The number of nitrogens with zero attached hydrogens (tertiary/aromatic N) is 4. The van der Waals surface area contributed by atoms with E-state index in [4.69, 9.17) is 21.3 Å². The monoisotopic (exact) mass is 630 g/mol. The molecule has 228 valence electrons. The number of halogens is 1. The molecule has 1 aliphatic heterocycles. The van der Waals surface area contributed by atoms with Gasteiger partial charge in [0.25, 0.3) is 11.5 Å². The zero-order chi connectivity index (χ0) is 31.9. The van der Waals surface area contributed by atoms with Crippen LogP contribution in [0.15, 0.2) is 69.6 Å². The summed E-state index contributed by atoms with van der Waals surface area (Å²) in [5.74, 6) is -0.531. The third-order valence-electron chi connectivity index (χ3n) is 8.20. The summed E-state index contributed by atoms with van der Waals surface area (Å²) in [5.41, 5.74) is 6.54. The molecule has 0 radical (unpaired) electrons. The quantitative estimate of drug-likeness (QED) is 0.261. The second-order valence-corrected chi connectivity index (χ2v) is 12.2. The van der Waals surface area contributed by atoms with E-state index in [1.807, 2.05) is 78.0 Å². The Morgan fingerprint density at radius 3 is 2.39 bits per heavy atom. The smallest absolute Gasteiger partial charge is 0.338 e. The average molecular weight is 631 g/mol. The normalized spacial score (nSPS) is 14.8. The number of carbonyl (C=O) groups is 2. The van der Waals surface area contributed by atoms with Crippen LogP contribution in [0.2, 0.25) is 5.02 Å². The molecule has 0 spiro atoms. The molecule has 1 amide bonds. The number of rotatable bonds is 7. The van der Waals surface area contributed by atoms with Crippen molar-refractivity contribution in [2.45, 2.75) is 47.6 Å². The number of benzene rings is 2. The Balaban J connectivity index is 1.69. The van der Waals surface area contributed by atoms with E-state index >= 15 is 0 Å². The number of allylic oxidation sites excluding steroid dienone is 1. The molecule has 5 rings (SSSR count). The van der Waals surface area contributed by atoms with Crippen LogP contribution < -0.4 is 14.9 Å². The van der Waals surface area contributed by atoms with Crippen molar-refractivity contribution >= 4 is 40.9 Å². The maximum Gasteiger partial charge on any atom is 0.338 e. The summed E-state index contributed by atoms with van der Waals surface area (Å²) in [6.45, 7) is 12.7. The van der Waals surface area contributed by atoms with E-state index < -0.39 is 12.0 Å². The number of aromatic nitrogens is 2. The Bertz CT molecular complexity index is 2000. The van der Waals surface area contributed by atoms with Crippen molar-refractivity contribution in [1.29, 1.82) is 0 Å². The molecule has 1 aliphatic rings. The van der Waals surface area contributed by atoms with E-state index in [1.165, 1.54) is 18.4 Å². The van der Waals surface area contributed by atoms with Gasteiger partial charge in [-0.3, -0.25) is 14.2 Å². The van der Waals surface area contributed by atoms with Gasteiger partial charge in [0.15, 0.2) is 4.80 Å². The first-order valence-corrected chi connectivity index (χ1v) is 15.7. The SMILES string of the molecule is CCN(CC)C(=O)C1=C(C)N=c2s/c(=C\c3cc(C)n(-c4cccc(C(=O)OC)c4C)c3C)c(=O)n2[C@@H]1c1ccc(Cl)cc1. The van der Waals surface area contributed by atoms with Gasteiger partial charge in [-0.1, -0.05) is 41.1 Å². The third-order valence-corrected chi connectivity index (χ3v) is 9.43. The molecular weight excluding hydrogens is 596 g/mol. The van der Waals surface area contributed by atoms with Gasteiger partial charge in [-0.2, -0.15) is 0 Å². The van der Waals surface area contributed by atoms with Crippen molar-refractivity contribution in [3.63, 3.8) is 0 Å². The van der Waals surface area contributed by atoms with Crippen LogP contribution in [0.25, 0.3) is 11.8 Å². The minimum atomic E-state index is -0.644. The molecule has 3 heterocycles. The molecule has 1 atom stereocenters. The number of hydrogen-bond donors (Lipinski definition) is 0. The summed E-state index contributed by atoms with van der Waals surface area (Å²) in [7, 11) is 1.37. The first-order valence-electron chi connectivity index (χ1n) is 14.5. The Morgan fingerprint density at radius 2 is 1.75 bits per heavy atom. The minimum absolute atomic E-state index is 0.140. The summed E-state index contributed by atoms with van der Waals surface area (Å²) in [4.78, 5) is 47.4. The van der Waals surface area contributed by atoms with Gasteiger partial charge in [0, 0.05) is 35.2 Å². The van der Waals surface area contributed by atoms with Gasteiger partial charge >= 0.3 is 5.97 Å². The number of esters is 1. The van der Waals surface area contributed by atoms with E-state index in [0.717, 1.165) is 33.8 Å². The number of amides is 1. The van der Waals surface area contributed by atoms with Crippen LogP contribution >= 0.6 is 22.9 Å². The summed E-state index contributed by atoms with van der Waals surface area (Å²) in [6, 6.07) is 14.2. The molecule has 8 nitrogen and oxygen atoms in total. The van der Waals surface area contributed by atoms with E-state index in [1.54, 1.807) is 27.7 Å². The average Bonchev–Trinajstić information content (AvgIpc) is 3.46. The van der Waals surface area contributed by atoms with Crippen molar-refractivity contribution in [3.05, 3.63) is 118 Å². The zero-order valence-electron chi connectivity index (χ0n) is 25.9. The van der Waals surface area contributed by atoms with Crippen LogP contribution in [0, 0.1) is 20.8 Å². The molecule has 10 heteroatoms. The molecular formula is C34H35ClN4O4S. The number of hydrogen-bond acceptors (Lipinski definition) is 6. The van der Waals surface area contributed by atoms with Crippen LogP contribution in [0.5, 0.6) is 0 Å². The minimum Gasteiger partial charge on any atom is -0.465 e. The van der Waals surface area contributed by atoms with Crippen LogP contribution in [0.1, 0.15) is 65.2 Å². The Hall–Kier alpha value is -4.21. The molecule has 0 fully saturated rings. The maximum absolute atomic E-state index is 14.2. The van der Waals surface area contributed by atoms with Crippen molar-refractivity contribution in [3.8, 4) is 5.69 Å². The Labute approximate surface area is 265 Å². The predicted octanol–water partition coefficient (Wildman–Crippen LogP) is 5.26. The maximum atomic E-state index is 14.2.